The van der Waals surface area contributed by atoms with E-state index in [0.29, 0.717) is 0 Å². The van der Waals surface area contributed by atoms with Crippen LogP contribution < -0.4 is 24.9 Å². The summed E-state index contributed by atoms with van der Waals surface area (Å²) in [5.41, 5.74) is 0. The summed E-state index contributed by atoms with van der Waals surface area (Å²) in [7, 11) is -6.29. The fraction of sp³-hybridized carbons (Fsp3) is 0. The van der Waals surface area contributed by atoms with Crippen LogP contribution in [-0.2, 0) is 4.57 Å². The molecule has 0 aromatic rings. The van der Waals surface area contributed by atoms with Gasteiger partial charge >= 0.3 is 0 Å². The summed E-state index contributed by atoms with van der Waals surface area (Å²) in [6.45, 7) is 0. The second kappa shape index (κ2) is 23.1. The van der Waals surface area contributed by atoms with E-state index < -0.39 is 15.6 Å². The predicted molar refractivity (Wildman–Crippen MR) is 22.7 cm³/mol. The van der Waals surface area contributed by atoms with E-state index in [1.807, 2.05) is 0 Å². The van der Waals surface area contributed by atoms with Crippen LogP contribution in [0.25, 0.3) is 0 Å². The molecule has 0 amide bonds. The Labute approximate surface area is 142 Å². The Morgan fingerprint density at radius 1 is 1.09 bits per heavy atom. The summed E-state index contributed by atoms with van der Waals surface area (Å²) >= 11 is 0. The third-order valence-corrected chi connectivity index (χ3v) is 0. The van der Waals surface area contributed by atoms with Crippen molar-refractivity contribution in [2.75, 3.05) is 0 Å². The van der Waals surface area contributed by atoms with Crippen molar-refractivity contribution in [1.82, 2.24) is 0 Å². The molecule has 0 aromatic carbocycles. The van der Waals surface area contributed by atoms with Crippen LogP contribution in [0.1, 0.15) is 0 Å². The Balaban J connectivity index is -0.0000000171. The minimum atomic E-state index is -3.37. The molecular formula is H2BEuO7PSr-4. The maximum atomic E-state index is 8.48. The molecule has 7 nitrogen and oxygen atoms in total. The summed E-state index contributed by atoms with van der Waals surface area (Å²) in [5.74, 6) is 0. The van der Waals surface area contributed by atoms with Gasteiger partial charge in [-0.15, -0.1) is 0 Å². The molecule has 0 spiro atoms. The van der Waals surface area contributed by atoms with Gasteiger partial charge in [-0.3, -0.25) is 7.32 Å². The molecule has 0 unspecified atom stereocenters. The molecular weight excluding hydrogens is 393 g/mol. The van der Waals surface area contributed by atoms with Crippen molar-refractivity contribution in [2.45, 2.75) is 0 Å². The summed E-state index contributed by atoms with van der Waals surface area (Å²) in [4.78, 5) is 17.0. The van der Waals surface area contributed by atoms with Gasteiger partial charge in [0.1, 0.15) is 0 Å². The van der Waals surface area contributed by atoms with Crippen molar-refractivity contribution in [2.24, 2.45) is 0 Å². The molecule has 0 saturated carbocycles. The largest absolute Gasteiger partial charge is 0.907 e. The molecule has 0 aliphatic heterocycles. The van der Waals surface area contributed by atoms with Crippen LogP contribution in [0.3, 0.4) is 0 Å². The quantitative estimate of drug-likeness (QED) is 0.292. The predicted octanol–water partition coefficient (Wildman–Crippen LogP) is -6.79. The molecule has 0 aliphatic carbocycles. The first-order valence-corrected chi connectivity index (χ1v) is 2.35. The van der Waals surface area contributed by atoms with Crippen molar-refractivity contribution >= 4 is 61.1 Å². The molecule has 65 valence electrons. The van der Waals surface area contributed by atoms with Crippen LogP contribution in [-0.4, -0.2) is 58.3 Å². The van der Waals surface area contributed by atoms with Crippen molar-refractivity contribution in [3.8, 4) is 0 Å². The zero-order valence-corrected chi connectivity index (χ0v) is 11.9. The fourth-order valence-corrected chi connectivity index (χ4v) is 0. The maximum Gasteiger partial charge on any atom is 0.276 e. The summed E-state index contributed by atoms with van der Waals surface area (Å²) < 4.78 is 8.48. The van der Waals surface area contributed by atoms with Crippen molar-refractivity contribution < 1.29 is 84.3 Å². The molecule has 0 aromatic heterocycles. The zero-order chi connectivity index (χ0) is 7.15. The molecule has 0 rings (SSSR count). The molecule has 0 heterocycles. The monoisotopic (exact) mass is 397 g/mol. The van der Waals surface area contributed by atoms with E-state index in [9.17, 15) is 0 Å². The fourth-order valence-electron chi connectivity index (χ4n) is 0. The van der Waals surface area contributed by atoms with E-state index in [4.69, 9.17) is 29.4 Å². The maximum absolute atomic E-state index is 8.48. The Hall–Kier alpha value is 2.99. The van der Waals surface area contributed by atoms with Crippen molar-refractivity contribution in [3.05, 3.63) is 0 Å². The van der Waals surface area contributed by atoms with Crippen LogP contribution >= 0.6 is 8.25 Å². The summed E-state index contributed by atoms with van der Waals surface area (Å²) in [6.07, 6.45) is 0. The molecule has 2 N–H and O–H groups in total. The van der Waals surface area contributed by atoms with Gasteiger partial charge in [-0.25, -0.2) is 0 Å². The first kappa shape index (κ1) is 29.2. The first-order valence-electron chi connectivity index (χ1n) is 1.25. The molecule has 0 aliphatic rings. The van der Waals surface area contributed by atoms with Crippen LogP contribution in [0.15, 0.2) is 0 Å². The van der Waals surface area contributed by atoms with E-state index in [0.717, 1.165) is 0 Å². The van der Waals surface area contributed by atoms with Gasteiger partial charge in [-0.2, -0.15) is 0 Å². The zero-order valence-electron chi connectivity index (χ0n) is 5.06. The van der Waals surface area contributed by atoms with Gasteiger partial charge in [0, 0.05) is 94.9 Å². The summed E-state index contributed by atoms with van der Waals surface area (Å²) in [6, 6.07) is 0. The Kier molecular flexibility index (Phi) is 61.4. The van der Waals surface area contributed by atoms with Gasteiger partial charge in [0.25, 0.3) is 8.25 Å². The van der Waals surface area contributed by atoms with Crippen LogP contribution in [0.4, 0.5) is 0 Å². The van der Waals surface area contributed by atoms with Gasteiger partial charge in [0.15, 0.2) is 0 Å². The van der Waals surface area contributed by atoms with E-state index in [-0.39, 0.29) is 100 Å². The Bertz CT molecular complexity index is 62.7. The van der Waals surface area contributed by atoms with E-state index in [2.05, 4.69) is 0 Å². The minimum absolute atomic E-state index is 0. The number of hydrogen-bond acceptors (Lipinski definition) is 6. The Morgan fingerprint density at radius 2 is 1.09 bits per heavy atom. The third kappa shape index (κ3) is 176. The normalized spacial score (nSPS) is 4.82. The summed E-state index contributed by atoms with van der Waals surface area (Å²) in [5, 5.41) is 25.2. The van der Waals surface area contributed by atoms with Gasteiger partial charge in [-0.05, 0) is 0 Å². The van der Waals surface area contributed by atoms with Gasteiger partial charge in [0.2, 0.25) is 0 Å². The average Bonchev–Trinajstić information content (AvgIpc) is 1.25. The van der Waals surface area contributed by atoms with Crippen LogP contribution in [0.2, 0.25) is 0 Å². The minimum Gasteiger partial charge on any atom is -0.907 e. The molecule has 11 heteroatoms. The SMILES string of the molecule is O.O=[P+]([O-])[O-].[Eu].[O-]B([O-])[O-].[Sr]. The van der Waals surface area contributed by atoms with Gasteiger partial charge < -0.3 is 30.3 Å². The topological polar surface area (TPSA) is 164 Å². The number of rotatable bonds is 0. The molecule has 0 atom stereocenters. The average molecular weight is 395 g/mol. The third-order valence-electron chi connectivity index (χ3n) is 0. The molecule has 0 saturated heterocycles. The van der Waals surface area contributed by atoms with Crippen LogP contribution in [0, 0.1) is 49.4 Å². The van der Waals surface area contributed by atoms with E-state index >= 15 is 0 Å². The smallest absolute Gasteiger partial charge is 0.276 e. The van der Waals surface area contributed by atoms with Crippen LogP contribution in [0.5, 0.6) is 0 Å². The van der Waals surface area contributed by atoms with Gasteiger partial charge in [-0.1, -0.05) is 4.57 Å². The second-order valence-electron chi connectivity index (χ2n) is 0.512. The Morgan fingerprint density at radius 3 is 1.09 bits per heavy atom. The van der Waals surface area contributed by atoms with E-state index in [1.54, 1.807) is 0 Å². The molecule has 0 bridgehead atoms. The second-order valence-corrected chi connectivity index (χ2v) is 0.959. The van der Waals surface area contributed by atoms with Gasteiger partial charge in [0.05, 0.1) is 0 Å². The standard InChI is InChI=1S/BO3.Eu.HO3P.H2O.Sr/c2-1(3)4;;1-4(2)3;;/h;;(H,1,2,3);1H2;/q-3;;;;/p-1. The number of hydrogen-bond donors (Lipinski definition) is 0. The first-order chi connectivity index (χ1) is 3.46. The van der Waals surface area contributed by atoms with Crippen molar-refractivity contribution in [3.63, 3.8) is 0 Å². The molecule has 3 radical (unpaired) electrons. The van der Waals surface area contributed by atoms with E-state index in [1.165, 1.54) is 0 Å². The molecule has 0 fully saturated rings. The van der Waals surface area contributed by atoms with Crippen molar-refractivity contribution in [1.29, 1.82) is 0 Å². The molecule has 11 heavy (non-hydrogen) atoms.